The van der Waals surface area contributed by atoms with Gasteiger partial charge in [-0.1, -0.05) is 60.1 Å². The second-order valence-corrected chi connectivity index (χ2v) is 7.12. The van der Waals surface area contributed by atoms with E-state index in [1.165, 1.54) is 0 Å². The number of carbonyl (C=O) groups is 1. The number of nitrogens with zero attached hydrogens (tertiary/aromatic N) is 2. The van der Waals surface area contributed by atoms with Gasteiger partial charge < -0.3 is 10.6 Å². The van der Waals surface area contributed by atoms with Gasteiger partial charge in [-0.2, -0.15) is 0 Å². The number of benzene rings is 3. The summed E-state index contributed by atoms with van der Waals surface area (Å²) in [7, 11) is 0. The third-order valence-corrected chi connectivity index (χ3v) is 4.75. The van der Waals surface area contributed by atoms with Crippen LogP contribution in [-0.2, 0) is 6.54 Å². The Morgan fingerprint density at radius 3 is 2.37 bits per heavy atom. The maximum Gasteiger partial charge on any atom is 0.251 e. The number of nitrogens with one attached hydrogen (secondary N) is 2. The molecule has 4 aromatic rings. The Hall–Kier alpha value is -3.70. The minimum absolute atomic E-state index is 0.154. The van der Waals surface area contributed by atoms with Gasteiger partial charge in [0.05, 0.1) is 5.69 Å². The van der Waals surface area contributed by atoms with Crippen LogP contribution in [0.3, 0.4) is 0 Å². The molecule has 0 fully saturated rings. The molecule has 0 bridgehead atoms. The van der Waals surface area contributed by atoms with Crippen LogP contribution in [0.25, 0.3) is 11.3 Å². The van der Waals surface area contributed by atoms with E-state index in [0.717, 1.165) is 22.5 Å². The van der Waals surface area contributed by atoms with Crippen LogP contribution in [0.1, 0.15) is 15.9 Å². The molecule has 0 atom stereocenters. The molecule has 0 saturated heterocycles. The van der Waals surface area contributed by atoms with Crippen molar-refractivity contribution in [1.82, 2.24) is 15.5 Å². The van der Waals surface area contributed by atoms with Gasteiger partial charge >= 0.3 is 0 Å². The fraction of sp³-hybridized carbons (Fsp3) is 0.0417. The van der Waals surface area contributed by atoms with E-state index >= 15 is 0 Å². The highest BCUT2D eigenvalue weighted by Gasteiger charge is 2.07. The summed E-state index contributed by atoms with van der Waals surface area (Å²) in [5, 5.41) is 15.3. The molecule has 1 aromatic heterocycles. The molecular formula is C24H19ClN4O. The van der Waals surface area contributed by atoms with Crippen LogP contribution in [0.4, 0.5) is 11.5 Å². The van der Waals surface area contributed by atoms with Crippen LogP contribution in [0, 0.1) is 0 Å². The minimum atomic E-state index is -0.154. The van der Waals surface area contributed by atoms with E-state index in [4.69, 9.17) is 11.6 Å². The van der Waals surface area contributed by atoms with Crippen molar-refractivity contribution in [2.45, 2.75) is 6.54 Å². The molecular weight excluding hydrogens is 396 g/mol. The number of halogens is 1. The topological polar surface area (TPSA) is 66.9 Å². The Morgan fingerprint density at radius 2 is 1.63 bits per heavy atom. The number of amides is 1. The summed E-state index contributed by atoms with van der Waals surface area (Å²) in [6, 6.07) is 28.3. The lowest BCUT2D eigenvalue weighted by Crippen LogP contribution is -2.22. The predicted molar refractivity (Wildman–Crippen MR) is 120 cm³/mol. The quantitative estimate of drug-likeness (QED) is 0.439. The molecule has 0 aliphatic rings. The summed E-state index contributed by atoms with van der Waals surface area (Å²) < 4.78 is 0. The Labute approximate surface area is 179 Å². The van der Waals surface area contributed by atoms with Crippen molar-refractivity contribution >= 4 is 29.0 Å². The first-order valence-electron chi connectivity index (χ1n) is 9.46. The smallest absolute Gasteiger partial charge is 0.251 e. The van der Waals surface area contributed by atoms with Crippen molar-refractivity contribution in [2.24, 2.45) is 0 Å². The molecule has 5 nitrogen and oxygen atoms in total. The van der Waals surface area contributed by atoms with Crippen LogP contribution >= 0.6 is 11.6 Å². The summed E-state index contributed by atoms with van der Waals surface area (Å²) in [6.07, 6.45) is 0. The number of anilines is 2. The van der Waals surface area contributed by atoms with E-state index < -0.39 is 0 Å². The van der Waals surface area contributed by atoms with Crippen molar-refractivity contribution in [3.63, 3.8) is 0 Å². The number of hydrogen-bond acceptors (Lipinski definition) is 4. The van der Waals surface area contributed by atoms with Crippen LogP contribution < -0.4 is 10.6 Å². The molecule has 0 aliphatic heterocycles. The molecule has 1 heterocycles. The molecule has 0 unspecified atom stereocenters. The lowest BCUT2D eigenvalue weighted by molar-refractivity contribution is 0.0951. The lowest BCUT2D eigenvalue weighted by Gasteiger charge is -2.09. The standard InChI is InChI=1S/C24H19ClN4O/c25-20-11-9-17(10-12-20)16-26-24(30)19-7-4-8-21(15-19)27-23-14-13-22(28-29-23)18-5-2-1-3-6-18/h1-15H,16H2,(H,26,30)(H,27,29). The van der Waals surface area contributed by atoms with Crippen molar-refractivity contribution in [3.05, 3.63) is 107 Å². The van der Waals surface area contributed by atoms with E-state index in [1.54, 1.807) is 24.3 Å². The first-order chi connectivity index (χ1) is 14.7. The Morgan fingerprint density at radius 1 is 0.833 bits per heavy atom. The normalized spacial score (nSPS) is 10.4. The van der Waals surface area contributed by atoms with E-state index in [0.29, 0.717) is 22.9 Å². The Kier molecular flexibility index (Phi) is 6.01. The maximum absolute atomic E-state index is 12.5. The summed E-state index contributed by atoms with van der Waals surface area (Å²) in [5.41, 5.74) is 4.11. The van der Waals surface area contributed by atoms with Crippen molar-refractivity contribution in [2.75, 3.05) is 5.32 Å². The molecule has 30 heavy (non-hydrogen) atoms. The molecule has 2 N–H and O–H groups in total. The number of hydrogen-bond donors (Lipinski definition) is 2. The summed E-state index contributed by atoms with van der Waals surface area (Å²) >= 11 is 5.89. The number of rotatable bonds is 6. The second kappa shape index (κ2) is 9.20. The first kappa shape index (κ1) is 19.6. The van der Waals surface area contributed by atoms with Crippen LogP contribution in [-0.4, -0.2) is 16.1 Å². The fourth-order valence-electron chi connectivity index (χ4n) is 2.93. The van der Waals surface area contributed by atoms with Crippen molar-refractivity contribution < 1.29 is 4.79 Å². The number of aromatic nitrogens is 2. The van der Waals surface area contributed by atoms with E-state index in [2.05, 4.69) is 20.8 Å². The van der Waals surface area contributed by atoms with E-state index in [-0.39, 0.29) is 5.91 Å². The molecule has 0 radical (unpaired) electrons. The molecule has 1 amide bonds. The molecule has 3 aromatic carbocycles. The zero-order valence-electron chi connectivity index (χ0n) is 16.0. The Balaban J connectivity index is 1.40. The van der Waals surface area contributed by atoms with E-state index in [1.807, 2.05) is 66.7 Å². The molecule has 0 aliphatic carbocycles. The second-order valence-electron chi connectivity index (χ2n) is 6.68. The molecule has 148 valence electrons. The van der Waals surface area contributed by atoms with Gasteiger partial charge in [0.25, 0.3) is 5.91 Å². The Bertz CT molecular complexity index is 1130. The number of carbonyl (C=O) groups excluding carboxylic acids is 1. The maximum atomic E-state index is 12.5. The molecule has 0 spiro atoms. The molecule has 4 rings (SSSR count). The van der Waals surface area contributed by atoms with Gasteiger partial charge in [-0.25, -0.2) is 0 Å². The van der Waals surface area contributed by atoms with Gasteiger partial charge in [-0.15, -0.1) is 10.2 Å². The minimum Gasteiger partial charge on any atom is -0.348 e. The monoisotopic (exact) mass is 414 g/mol. The van der Waals surface area contributed by atoms with Gasteiger partial charge in [-0.3, -0.25) is 4.79 Å². The van der Waals surface area contributed by atoms with Crippen LogP contribution in [0.15, 0.2) is 91.0 Å². The highest BCUT2D eigenvalue weighted by Crippen LogP contribution is 2.19. The largest absolute Gasteiger partial charge is 0.348 e. The third-order valence-electron chi connectivity index (χ3n) is 4.50. The van der Waals surface area contributed by atoms with Crippen molar-refractivity contribution in [3.8, 4) is 11.3 Å². The van der Waals surface area contributed by atoms with Gasteiger partial charge in [0, 0.05) is 28.4 Å². The summed E-state index contributed by atoms with van der Waals surface area (Å²) in [6.45, 7) is 0.431. The average molecular weight is 415 g/mol. The zero-order chi connectivity index (χ0) is 20.8. The van der Waals surface area contributed by atoms with Crippen LogP contribution in [0.5, 0.6) is 0 Å². The highest BCUT2D eigenvalue weighted by atomic mass is 35.5. The van der Waals surface area contributed by atoms with Gasteiger partial charge in [0.1, 0.15) is 0 Å². The zero-order valence-corrected chi connectivity index (χ0v) is 16.8. The first-order valence-corrected chi connectivity index (χ1v) is 9.84. The fourth-order valence-corrected chi connectivity index (χ4v) is 3.06. The summed E-state index contributed by atoms with van der Waals surface area (Å²) in [4.78, 5) is 12.5. The van der Waals surface area contributed by atoms with Gasteiger partial charge in [0.2, 0.25) is 0 Å². The van der Waals surface area contributed by atoms with Gasteiger partial charge in [0.15, 0.2) is 5.82 Å². The third kappa shape index (κ3) is 5.01. The average Bonchev–Trinajstić information content (AvgIpc) is 2.80. The predicted octanol–water partition coefficient (Wildman–Crippen LogP) is 5.47. The summed E-state index contributed by atoms with van der Waals surface area (Å²) in [5.74, 6) is 0.451. The molecule has 0 saturated carbocycles. The highest BCUT2D eigenvalue weighted by molar-refractivity contribution is 6.30. The van der Waals surface area contributed by atoms with Crippen LogP contribution in [0.2, 0.25) is 5.02 Å². The van der Waals surface area contributed by atoms with Gasteiger partial charge in [-0.05, 0) is 48.0 Å². The van der Waals surface area contributed by atoms with Crippen molar-refractivity contribution in [1.29, 1.82) is 0 Å². The molecule has 6 heteroatoms. The SMILES string of the molecule is O=C(NCc1ccc(Cl)cc1)c1cccc(Nc2ccc(-c3ccccc3)nn2)c1. The lowest BCUT2D eigenvalue weighted by atomic mass is 10.1. The van der Waals surface area contributed by atoms with E-state index in [9.17, 15) is 4.79 Å².